The van der Waals surface area contributed by atoms with Crippen LogP contribution in [0.4, 0.5) is 0 Å². The predicted octanol–water partition coefficient (Wildman–Crippen LogP) is -1.53. The highest BCUT2D eigenvalue weighted by molar-refractivity contribution is 5.92. The molecule has 0 fully saturated rings. The van der Waals surface area contributed by atoms with E-state index < -0.39 is 48.6 Å². The summed E-state index contributed by atoms with van der Waals surface area (Å²) in [5.74, 6) is -3.06. The lowest BCUT2D eigenvalue weighted by molar-refractivity contribution is -0.145. The molecule has 1 heterocycles. The van der Waals surface area contributed by atoms with E-state index in [0.717, 1.165) is 16.5 Å². The van der Waals surface area contributed by atoms with Crippen molar-refractivity contribution in [2.45, 2.75) is 37.6 Å². The second-order valence-electron chi connectivity index (χ2n) is 6.48. The van der Waals surface area contributed by atoms with Crippen molar-refractivity contribution in [2.75, 3.05) is 6.61 Å². The summed E-state index contributed by atoms with van der Waals surface area (Å²) in [6, 6.07) is 3.54. The summed E-state index contributed by atoms with van der Waals surface area (Å²) in [7, 11) is 0. The number of hydrogen-bond acceptors (Lipinski definition) is 6. The van der Waals surface area contributed by atoms with Crippen LogP contribution < -0.4 is 16.4 Å². The van der Waals surface area contributed by atoms with Crippen LogP contribution >= 0.6 is 0 Å². The standard InChI is InChI=1S/C18H24N4O6/c1-9(24)15(18(27)28)22-17(26)14(8-23)21-16(25)12(19)6-10-7-20-13-5-3-2-4-11(10)13/h2-5,7,9,12,14-15,20,23-24H,6,8,19H2,1H3,(H,21,25)(H,22,26)(H,27,28)/t9-,12+,14+,15+/m1/s1. The van der Waals surface area contributed by atoms with Crippen molar-refractivity contribution in [1.82, 2.24) is 15.6 Å². The molecule has 1 aromatic carbocycles. The van der Waals surface area contributed by atoms with Crippen molar-refractivity contribution < 1.29 is 29.7 Å². The number of nitrogens with two attached hydrogens (primary N) is 1. The number of aliphatic hydroxyl groups excluding tert-OH is 2. The number of rotatable bonds is 9. The van der Waals surface area contributed by atoms with Crippen LogP contribution in [0.2, 0.25) is 0 Å². The number of hydrogen-bond donors (Lipinski definition) is 7. The molecule has 0 saturated carbocycles. The van der Waals surface area contributed by atoms with Gasteiger partial charge in [-0.3, -0.25) is 9.59 Å². The maximum Gasteiger partial charge on any atom is 0.328 e. The number of benzene rings is 1. The average molecular weight is 392 g/mol. The van der Waals surface area contributed by atoms with Gasteiger partial charge in [-0.05, 0) is 25.0 Å². The van der Waals surface area contributed by atoms with E-state index in [1.54, 1.807) is 6.20 Å². The number of H-pyrrole nitrogens is 1. The van der Waals surface area contributed by atoms with Gasteiger partial charge in [0.25, 0.3) is 0 Å². The number of amides is 2. The summed E-state index contributed by atoms with van der Waals surface area (Å²) < 4.78 is 0. The Morgan fingerprint density at radius 2 is 1.86 bits per heavy atom. The van der Waals surface area contributed by atoms with Crippen LogP contribution in [0.3, 0.4) is 0 Å². The molecule has 8 N–H and O–H groups in total. The Balaban J connectivity index is 2.00. The summed E-state index contributed by atoms with van der Waals surface area (Å²) >= 11 is 0. The van der Waals surface area contributed by atoms with Crippen LogP contribution in [-0.4, -0.2) is 68.9 Å². The number of carbonyl (C=O) groups is 3. The van der Waals surface area contributed by atoms with E-state index in [2.05, 4.69) is 15.6 Å². The van der Waals surface area contributed by atoms with Gasteiger partial charge in [0.1, 0.15) is 6.04 Å². The second kappa shape index (κ2) is 9.31. The maximum atomic E-state index is 12.3. The Hall–Kier alpha value is -2.95. The van der Waals surface area contributed by atoms with E-state index in [0.29, 0.717) is 0 Å². The molecule has 10 heteroatoms. The molecule has 0 aliphatic heterocycles. The minimum absolute atomic E-state index is 0.195. The lowest BCUT2D eigenvalue weighted by atomic mass is 10.0. The van der Waals surface area contributed by atoms with Crippen molar-refractivity contribution in [3.05, 3.63) is 36.0 Å². The zero-order valence-corrected chi connectivity index (χ0v) is 15.3. The normalized spacial score (nSPS) is 15.4. The first-order valence-electron chi connectivity index (χ1n) is 8.67. The van der Waals surface area contributed by atoms with Gasteiger partial charge in [-0.15, -0.1) is 0 Å². The van der Waals surface area contributed by atoms with Gasteiger partial charge in [0, 0.05) is 17.1 Å². The van der Waals surface area contributed by atoms with Gasteiger partial charge >= 0.3 is 5.97 Å². The van der Waals surface area contributed by atoms with Crippen LogP contribution in [0.5, 0.6) is 0 Å². The predicted molar refractivity (Wildman–Crippen MR) is 100 cm³/mol. The molecule has 4 atom stereocenters. The largest absolute Gasteiger partial charge is 0.480 e. The molecule has 0 aliphatic carbocycles. The molecule has 0 unspecified atom stereocenters. The van der Waals surface area contributed by atoms with Gasteiger partial charge in [0.15, 0.2) is 6.04 Å². The maximum absolute atomic E-state index is 12.3. The highest BCUT2D eigenvalue weighted by Crippen LogP contribution is 2.18. The molecule has 152 valence electrons. The van der Waals surface area contributed by atoms with Crippen LogP contribution in [0, 0.1) is 0 Å². The number of aliphatic carboxylic acids is 1. The fraction of sp³-hybridized carbons (Fsp3) is 0.389. The Morgan fingerprint density at radius 3 is 2.46 bits per heavy atom. The minimum Gasteiger partial charge on any atom is -0.480 e. The third-order valence-electron chi connectivity index (χ3n) is 4.31. The zero-order valence-electron chi connectivity index (χ0n) is 15.3. The number of para-hydroxylation sites is 1. The van der Waals surface area contributed by atoms with Crippen molar-refractivity contribution in [3.63, 3.8) is 0 Å². The van der Waals surface area contributed by atoms with Crippen molar-refractivity contribution >= 4 is 28.7 Å². The third-order valence-corrected chi connectivity index (χ3v) is 4.31. The molecule has 10 nitrogen and oxygen atoms in total. The van der Waals surface area contributed by atoms with E-state index in [9.17, 15) is 24.6 Å². The average Bonchev–Trinajstić information content (AvgIpc) is 3.06. The fourth-order valence-corrected chi connectivity index (χ4v) is 2.75. The van der Waals surface area contributed by atoms with E-state index >= 15 is 0 Å². The van der Waals surface area contributed by atoms with Crippen LogP contribution in [0.15, 0.2) is 30.5 Å². The van der Waals surface area contributed by atoms with E-state index in [4.69, 9.17) is 10.8 Å². The summed E-state index contributed by atoms with van der Waals surface area (Å²) in [6.07, 6.45) is 0.579. The summed E-state index contributed by atoms with van der Waals surface area (Å²) in [4.78, 5) is 38.6. The van der Waals surface area contributed by atoms with Gasteiger partial charge in [-0.2, -0.15) is 0 Å². The molecule has 2 rings (SSSR count). The molecule has 2 aromatic rings. The first-order chi connectivity index (χ1) is 13.2. The molecule has 0 spiro atoms. The van der Waals surface area contributed by atoms with Crippen LogP contribution in [-0.2, 0) is 20.8 Å². The monoisotopic (exact) mass is 392 g/mol. The van der Waals surface area contributed by atoms with Gasteiger partial charge < -0.3 is 36.7 Å². The number of fused-ring (bicyclic) bond motifs is 1. The summed E-state index contributed by atoms with van der Waals surface area (Å²) in [6.45, 7) is 0.437. The molecule has 0 saturated heterocycles. The lowest BCUT2D eigenvalue weighted by Crippen LogP contribution is -2.57. The van der Waals surface area contributed by atoms with E-state index in [1.165, 1.54) is 6.92 Å². The molecular formula is C18H24N4O6. The number of carboxylic acid groups (broad SMARTS) is 1. The SMILES string of the molecule is C[C@@H](O)[C@H](NC(=O)[C@H](CO)NC(=O)[C@@H](N)Cc1c[nH]c2ccccc12)C(=O)O. The molecule has 0 aliphatic rings. The van der Waals surface area contributed by atoms with E-state index in [-0.39, 0.29) is 6.42 Å². The summed E-state index contributed by atoms with van der Waals surface area (Å²) in [5.41, 5.74) is 7.65. The number of aromatic amines is 1. The molecule has 28 heavy (non-hydrogen) atoms. The highest BCUT2D eigenvalue weighted by Gasteiger charge is 2.30. The lowest BCUT2D eigenvalue weighted by Gasteiger charge is -2.22. The fourth-order valence-electron chi connectivity index (χ4n) is 2.75. The van der Waals surface area contributed by atoms with Gasteiger partial charge in [-0.25, -0.2) is 4.79 Å². The Morgan fingerprint density at radius 1 is 1.18 bits per heavy atom. The first kappa shape index (κ1) is 21.4. The summed E-state index contributed by atoms with van der Waals surface area (Å²) in [5, 5.41) is 33.1. The van der Waals surface area contributed by atoms with Gasteiger partial charge in [-0.1, -0.05) is 18.2 Å². The van der Waals surface area contributed by atoms with E-state index in [1.807, 2.05) is 24.3 Å². The van der Waals surface area contributed by atoms with Crippen molar-refractivity contribution in [3.8, 4) is 0 Å². The number of carbonyl (C=O) groups excluding carboxylic acids is 2. The van der Waals surface area contributed by atoms with Crippen LogP contribution in [0.25, 0.3) is 10.9 Å². The smallest absolute Gasteiger partial charge is 0.328 e. The van der Waals surface area contributed by atoms with Crippen molar-refractivity contribution in [2.24, 2.45) is 5.73 Å². The minimum atomic E-state index is -1.57. The topological polar surface area (TPSA) is 178 Å². The molecule has 2 amide bonds. The zero-order chi connectivity index (χ0) is 20.8. The Kier molecular flexibility index (Phi) is 7.10. The van der Waals surface area contributed by atoms with Gasteiger partial charge in [0.05, 0.1) is 18.8 Å². The van der Waals surface area contributed by atoms with Gasteiger partial charge in [0.2, 0.25) is 11.8 Å². The number of aromatic nitrogens is 1. The Labute approximate surface area is 160 Å². The van der Waals surface area contributed by atoms with Crippen molar-refractivity contribution in [1.29, 1.82) is 0 Å². The van der Waals surface area contributed by atoms with Crippen LogP contribution in [0.1, 0.15) is 12.5 Å². The molecular weight excluding hydrogens is 368 g/mol. The number of aliphatic hydroxyl groups is 2. The highest BCUT2D eigenvalue weighted by atomic mass is 16.4. The molecule has 0 radical (unpaired) electrons. The second-order valence-corrected chi connectivity index (χ2v) is 6.48. The number of nitrogens with one attached hydrogen (secondary N) is 3. The Bertz CT molecular complexity index is 849. The quantitative estimate of drug-likeness (QED) is 0.270. The third kappa shape index (κ3) is 5.06. The molecule has 1 aromatic heterocycles. The molecule has 0 bridgehead atoms. The number of carboxylic acids is 1. The first-order valence-corrected chi connectivity index (χ1v) is 8.67.